The highest BCUT2D eigenvalue weighted by atomic mass is 16.3. The van der Waals surface area contributed by atoms with Crippen LogP contribution in [0.15, 0.2) is 77.9 Å². The Kier molecular flexibility index (Phi) is 8.92. The number of anilines is 3. The SMILES string of the molecule is Cc1c(NC(=O)c2ccc(C(C)(C)C)cc2)cccc1-c1cc(Nc2ccc(C(=O)N(C)CCO)cn2)c(=O)n(C)c1. The fourth-order valence-corrected chi connectivity index (χ4v) is 4.55. The maximum atomic E-state index is 13.1. The lowest BCUT2D eigenvalue weighted by atomic mass is 9.86. The molecule has 0 aliphatic heterocycles. The van der Waals surface area contributed by atoms with Gasteiger partial charge in [-0.3, -0.25) is 14.4 Å². The molecule has 0 saturated carbocycles. The van der Waals surface area contributed by atoms with Gasteiger partial charge in [0.15, 0.2) is 0 Å². The lowest BCUT2D eigenvalue weighted by Crippen LogP contribution is -2.29. The molecule has 0 saturated heterocycles. The van der Waals surface area contributed by atoms with Gasteiger partial charge in [-0.2, -0.15) is 0 Å². The van der Waals surface area contributed by atoms with Crippen LogP contribution in [0.4, 0.5) is 17.2 Å². The monoisotopic (exact) mass is 567 g/mol. The average Bonchev–Trinajstić information content (AvgIpc) is 2.96. The van der Waals surface area contributed by atoms with Crippen molar-refractivity contribution in [3.05, 3.63) is 106 Å². The molecule has 4 rings (SSSR count). The molecule has 0 aliphatic rings. The molecule has 0 spiro atoms. The molecule has 2 amide bonds. The number of rotatable bonds is 8. The minimum absolute atomic E-state index is 0.000370. The Morgan fingerprint density at radius 2 is 1.69 bits per heavy atom. The molecule has 3 N–H and O–H groups in total. The first-order valence-electron chi connectivity index (χ1n) is 13.7. The number of aryl methyl sites for hydroxylation is 1. The summed E-state index contributed by atoms with van der Waals surface area (Å²) < 4.78 is 1.49. The smallest absolute Gasteiger partial charge is 0.274 e. The van der Waals surface area contributed by atoms with E-state index in [1.54, 1.807) is 38.5 Å². The van der Waals surface area contributed by atoms with Gasteiger partial charge in [0.25, 0.3) is 17.4 Å². The number of carbonyl (C=O) groups excluding carboxylic acids is 2. The summed E-state index contributed by atoms with van der Waals surface area (Å²) in [5.74, 6) is -0.0553. The van der Waals surface area contributed by atoms with Crippen molar-refractivity contribution in [2.45, 2.75) is 33.1 Å². The molecule has 0 radical (unpaired) electrons. The van der Waals surface area contributed by atoms with E-state index < -0.39 is 0 Å². The molecule has 0 aliphatic carbocycles. The standard InChI is InChI=1S/C33H37N5O4/c1-21-26(8-7-9-27(21)36-30(40)22-10-13-25(14-11-22)33(2,3)4)24-18-28(32(42)38(6)20-24)35-29-15-12-23(19-34-29)31(41)37(5)16-17-39/h7-15,18-20,39H,16-17H2,1-6H3,(H,34,35)(H,36,40). The van der Waals surface area contributed by atoms with E-state index in [0.717, 1.165) is 22.3 Å². The summed E-state index contributed by atoms with van der Waals surface area (Å²) in [5, 5.41) is 15.2. The summed E-state index contributed by atoms with van der Waals surface area (Å²) in [6, 6.07) is 18.3. The van der Waals surface area contributed by atoms with Gasteiger partial charge in [0, 0.05) is 49.8 Å². The fraction of sp³-hybridized carbons (Fsp3) is 0.273. The number of amides is 2. The van der Waals surface area contributed by atoms with E-state index in [4.69, 9.17) is 5.11 Å². The van der Waals surface area contributed by atoms with Crippen molar-refractivity contribution in [2.24, 2.45) is 7.05 Å². The number of aromatic nitrogens is 2. The van der Waals surface area contributed by atoms with Crippen molar-refractivity contribution in [2.75, 3.05) is 30.8 Å². The summed E-state index contributed by atoms with van der Waals surface area (Å²) in [6.45, 7) is 8.41. The first-order valence-corrected chi connectivity index (χ1v) is 13.7. The maximum absolute atomic E-state index is 13.1. The summed E-state index contributed by atoms with van der Waals surface area (Å²) in [7, 11) is 3.28. The van der Waals surface area contributed by atoms with Crippen LogP contribution in [0.2, 0.25) is 0 Å². The Bertz CT molecular complexity index is 1650. The number of aliphatic hydroxyl groups excluding tert-OH is 1. The molecule has 2 aromatic carbocycles. The third kappa shape index (κ3) is 6.75. The Labute approximate surface area is 245 Å². The summed E-state index contributed by atoms with van der Waals surface area (Å²) in [6.07, 6.45) is 3.18. The third-order valence-electron chi connectivity index (χ3n) is 7.14. The fourth-order valence-electron chi connectivity index (χ4n) is 4.55. The highest BCUT2D eigenvalue weighted by Crippen LogP contribution is 2.30. The zero-order valence-electron chi connectivity index (χ0n) is 24.9. The first-order chi connectivity index (χ1) is 19.9. The van der Waals surface area contributed by atoms with Gasteiger partial charge in [0.05, 0.1) is 12.2 Å². The van der Waals surface area contributed by atoms with Crippen molar-refractivity contribution in [1.82, 2.24) is 14.5 Å². The second-order valence-electron chi connectivity index (χ2n) is 11.3. The molecule has 0 fully saturated rings. The van der Waals surface area contributed by atoms with Gasteiger partial charge < -0.3 is 25.2 Å². The van der Waals surface area contributed by atoms with Crippen molar-refractivity contribution in [3.63, 3.8) is 0 Å². The van der Waals surface area contributed by atoms with Gasteiger partial charge in [-0.05, 0) is 65.4 Å². The Hall–Kier alpha value is -4.76. The van der Waals surface area contributed by atoms with Crippen LogP contribution >= 0.6 is 0 Å². The molecular weight excluding hydrogens is 530 g/mol. The van der Waals surface area contributed by atoms with Crippen LogP contribution in [0, 0.1) is 6.92 Å². The summed E-state index contributed by atoms with van der Waals surface area (Å²) >= 11 is 0. The predicted molar refractivity (Wildman–Crippen MR) is 167 cm³/mol. The molecule has 4 aromatic rings. The number of aliphatic hydroxyl groups is 1. The van der Waals surface area contributed by atoms with Crippen molar-refractivity contribution in [3.8, 4) is 11.1 Å². The van der Waals surface area contributed by atoms with E-state index in [1.807, 2.05) is 49.4 Å². The number of pyridine rings is 2. The zero-order chi connectivity index (χ0) is 30.6. The number of benzene rings is 2. The molecular formula is C33H37N5O4. The van der Waals surface area contributed by atoms with Crippen molar-refractivity contribution < 1.29 is 14.7 Å². The molecule has 2 aromatic heterocycles. The maximum Gasteiger partial charge on any atom is 0.274 e. The van der Waals surface area contributed by atoms with Crippen molar-refractivity contribution in [1.29, 1.82) is 0 Å². The average molecular weight is 568 g/mol. The quantitative estimate of drug-likeness (QED) is 0.272. The van der Waals surface area contributed by atoms with E-state index in [-0.39, 0.29) is 35.9 Å². The number of nitrogens with one attached hydrogen (secondary N) is 2. The van der Waals surface area contributed by atoms with Gasteiger partial charge in [-0.1, -0.05) is 45.0 Å². The van der Waals surface area contributed by atoms with Crippen molar-refractivity contribution >= 4 is 29.0 Å². The number of carbonyl (C=O) groups is 2. The topological polar surface area (TPSA) is 117 Å². The second kappa shape index (κ2) is 12.4. The van der Waals surface area contributed by atoms with Gasteiger partial charge in [0.1, 0.15) is 11.5 Å². The van der Waals surface area contributed by atoms with E-state index in [0.29, 0.717) is 28.3 Å². The molecule has 0 unspecified atom stereocenters. The normalized spacial score (nSPS) is 11.2. The predicted octanol–water partition coefficient (Wildman–Crippen LogP) is 5.11. The Balaban J connectivity index is 1.57. The number of hydrogen-bond acceptors (Lipinski definition) is 6. The summed E-state index contributed by atoms with van der Waals surface area (Å²) in [5.41, 5.74) is 5.33. The van der Waals surface area contributed by atoms with Gasteiger partial charge >= 0.3 is 0 Å². The Morgan fingerprint density at radius 3 is 2.31 bits per heavy atom. The lowest BCUT2D eigenvalue weighted by molar-refractivity contribution is 0.0766. The first kappa shape index (κ1) is 30.2. The van der Waals surface area contributed by atoms with E-state index in [2.05, 4.69) is 36.4 Å². The minimum Gasteiger partial charge on any atom is -0.395 e. The van der Waals surface area contributed by atoms with E-state index in [1.165, 1.54) is 15.7 Å². The van der Waals surface area contributed by atoms with Crippen LogP contribution in [-0.4, -0.2) is 51.6 Å². The number of nitrogens with zero attached hydrogens (tertiary/aromatic N) is 3. The molecule has 0 bridgehead atoms. The van der Waals surface area contributed by atoms with Crippen LogP contribution in [-0.2, 0) is 12.5 Å². The highest BCUT2D eigenvalue weighted by Gasteiger charge is 2.17. The molecule has 9 nitrogen and oxygen atoms in total. The molecule has 218 valence electrons. The Morgan fingerprint density at radius 1 is 1.00 bits per heavy atom. The summed E-state index contributed by atoms with van der Waals surface area (Å²) in [4.78, 5) is 44.2. The van der Waals surface area contributed by atoms with Crippen LogP contribution in [0.5, 0.6) is 0 Å². The van der Waals surface area contributed by atoms with E-state index >= 15 is 0 Å². The molecule has 0 atom stereocenters. The zero-order valence-corrected chi connectivity index (χ0v) is 24.9. The number of hydrogen-bond donors (Lipinski definition) is 3. The minimum atomic E-state index is -0.259. The second-order valence-corrected chi connectivity index (χ2v) is 11.3. The third-order valence-corrected chi connectivity index (χ3v) is 7.14. The van der Waals surface area contributed by atoms with E-state index in [9.17, 15) is 14.4 Å². The largest absolute Gasteiger partial charge is 0.395 e. The van der Waals surface area contributed by atoms with Crippen LogP contribution in [0.1, 0.15) is 52.6 Å². The molecule has 9 heteroatoms. The molecule has 2 heterocycles. The van der Waals surface area contributed by atoms with Gasteiger partial charge in [0.2, 0.25) is 0 Å². The van der Waals surface area contributed by atoms with Crippen LogP contribution in [0.3, 0.4) is 0 Å². The number of likely N-dealkylation sites (N-methyl/N-ethyl adjacent to an activating group) is 1. The van der Waals surface area contributed by atoms with Crippen LogP contribution in [0.25, 0.3) is 11.1 Å². The molecule has 42 heavy (non-hydrogen) atoms. The highest BCUT2D eigenvalue weighted by molar-refractivity contribution is 6.05. The van der Waals surface area contributed by atoms with Crippen LogP contribution < -0.4 is 16.2 Å². The van der Waals surface area contributed by atoms with Gasteiger partial charge in [-0.25, -0.2) is 4.98 Å². The van der Waals surface area contributed by atoms with Gasteiger partial charge in [-0.15, -0.1) is 0 Å². The lowest BCUT2D eigenvalue weighted by Gasteiger charge is -2.19.